The van der Waals surface area contributed by atoms with Gasteiger partial charge in [-0.15, -0.1) is 0 Å². The molecule has 8 heteroatoms. The molecule has 144 valence electrons. The summed E-state index contributed by atoms with van der Waals surface area (Å²) in [5.74, 6) is 0.125. The molecule has 2 aliphatic rings. The van der Waals surface area contributed by atoms with Gasteiger partial charge in [0.15, 0.2) is 0 Å². The quantitative estimate of drug-likeness (QED) is 0.818. The summed E-state index contributed by atoms with van der Waals surface area (Å²) in [5, 5.41) is 9.69. The molecule has 1 aromatic rings. The maximum Gasteiger partial charge on any atom is 0.387 e. The van der Waals surface area contributed by atoms with Crippen molar-refractivity contribution in [1.29, 1.82) is 0 Å². The molecule has 2 atom stereocenters. The highest BCUT2D eigenvalue weighted by molar-refractivity contribution is 5.94. The van der Waals surface area contributed by atoms with E-state index in [-0.39, 0.29) is 30.1 Å². The monoisotopic (exact) mass is 370 g/mol. The number of benzene rings is 1. The van der Waals surface area contributed by atoms with E-state index in [0.717, 1.165) is 19.6 Å². The molecule has 26 heavy (non-hydrogen) atoms. The summed E-state index contributed by atoms with van der Waals surface area (Å²) in [6.07, 6.45) is 0. The van der Waals surface area contributed by atoms with Crippen molar-refractivity contribution in [1.82, 2.24) is 9.80 Å². The number of morpholine rings is 1. The minimum atomic E-state index is -2.89. The number of nitrogens with zero attached hydrogens (tertiary/aromatic N) is 2. The van der Waals surface area contributed by atoms with Crippen LogP contribution in [-0.4, -0.2) is 80.0 Å². The van der Waals surface area contributed by atoms with Gasteiger partial charge >= 0.3 is 6.61 Å². The van der Waals surface area contributed by atoms with Gasteiger partial charge in [0.25, 0.3) is 5.91 Å². The van der Waals surface area contributed by atoms with Gasteiger partial charge in [0.05, 0.1) is 13.2 Å². The van der Waals surface area contributed by atoms with Crippen LogP contribution in [0.4, 0.5) is 8.78 Å². The Hall–Kier alpha value is -1.77. The van der Waals surface area contributed by atoms with Gasteiger partial charge in [-0.1, -0.05) is 0 Å². The van der Waals surface area contributed by atoms with E-state index in [0.29, 0.717) is 31.9 Å². The van der Waals surface area contributed by atoms with E-state index in [1.165, 1.54) is 24.3 Å². The third kappa shape index (κ3) is 4.69. The topological polar surface area (TPSA) is 62.2 Å². The van der Waals surface area contributed by atoms with Crippen molar-refractivity contribution in [2.45, 2.75) is 6.61 Å². The Kier molecular flexibility index (Phi) is 6.39. The summed E-state index contributed by atoms with van der Waals surface area (Å²) < 4.78 is 34.1. The number of hydrogen-bond donors (Lipinski definition) is 1. The molecule has 0 unspecified atom stereocenters. The van der Waals surface area contributed by atoms with Crippen molar-refractivity contribution in [3.8, 4) is 5.75 Å². The second-order valence-electron chi connectivity index (χ2n) is 6.73. The molecular formula is C18H24F2N2O4. The molecule has 3 rings (SSSR count). The zero-order valence-corrected chi connectivity index (χ0v) is 14.5. The standard InChI is InChI=1S/C18H24F2N2O4/c19-18(20)26-16-3-1-13(2-4-16)17(24)22-10-14(15(11-22)12-23)9-21-5-7-25-8-6-21/h1-4,14-15,18,23H,5-12H2/t14-,15-/m0/s1. The molecule has 1 N–H and O–H groups in total. The number of aliphatic hydroxyl groups excluding tert-OH is 1. The van der Waals surface area contributed by atoms with Crippen LogP contribution in [0.1, 0.15) is 10.4 Å². The minimum Gasteiger partial charge on any atom is -0.435 e. The van der Waals surface area contributed by atoms with Gasteiger partial charge in [0, 0.05) is 50.8 Å². The normalized spacial score (nSPS) is 24.2. The number of rotatable bonds is 6. The smallest absolute Gasteiger partial charge is 0.387 e. The fraction of sp³-hybridized carbons (Fsp3) is 0.611. The molecule has 6 nitrogen and oxygen atoms in total. The number of carbonyl (C=O) groups excluding carboxylic acids is 1. The van der Waals surface area contributed by atoms with Crippen LogP contribution < -0.4 is 4.74 Å². The summed E-state index contributed by atoms with van der Waals surface area (Å²) >= 11 is 0. The number of aliphatic hydroxyl groups is 1. The molecule has 2 heterocycles. The molecule has 1 amide bonds. The summed E-state index contributed by atoms with van der Waals surface area (Å²) in [4.78, 5) is 16.7. The number of likely N-dealkylation sites (tertiary alicyclic amines) is 1. The van der Waals surface area contributed by atoms with Gasteiger partial charge < -0.3 is 19.5 Å². The van der Waals surface area contributed by atoms with Crippen LogP contribution >= 0.6 is 0 Å². The zero-order chi connectivity index (χ0) is 18.5. The lowest BCUT2D eigenvalue weighted by molar-refractivity contribution is -0.0498. The third-order valence-electron chi connectivity index (χ3n) is 5.02. The molecule has 2 saturated heterocycles. The first-order valence-corrected chi connectivity index (χ1v) is 8.82. The van der Waals surface area contributed by atoms with Crippen molar-refractivity contribution in [2.75, 3.05) is 52.5 Å². The Labute approximate surface area is 151 Å². The fourth-order valence-corrected chi connectivity index (χ4v) is 3.60. The van der Waals surface area contributed by atoms with E-state index >= 15 is 0 Å². The second-order valence-corrected chi connectivity index (χ2v) is 6.73. The number of hydrogen-bond acceptors (Lipinski definition) is 5. The molecule has 0 saturated carbocycles. The van der Waals surface area contributed by atoms with E-state index in [4.69, 9.17) is 4.74 Å². The summed E-state index contributed by atoms with van der Waals surface area (Å²) in [6, 6.07) is 5.71. The SMILES string of the molecule is O=C(c1ccc(OC(F)F)cc1)N1C[C@@H](CO)[C@@H](CN2CCOCC2)C1. The van der Waals surface area contributed by atoms with Crippen LogP contribution in [0, 0.1) is 11.8 Å². The number of amides is 1. The molecule has 0 aromatic heterocycles. The van der Waals surface area contributed by atoms with Crippen LogP contribution in [0.25, 0.3) is 0 Å². The second kappa shape index (κ2) is 8.75. The van der Waals surface area contributed by atoms with Gasteiger partial charge in [-0.05, 0) is 30.2 Å². The number of alkyl halides is 2. The van der Waals surface area contributed by atoms with Crippen LogP contribution in [0.3, 0.4) is 0 Å². The maximum atomic E-state index is 12.7. The van der Waals surface area contributed by atoms with Crippen molar-refractivity contribution >= 4 is 5.91 Å². The first kappa shape index (κ1) is 19.0. The average Bonchev–Trinajstić information content (AvgIpc) is 3.05. The summed E-state index contributed by atoms with van der Waals surface area (Å²) in [6.45, 7) is 2.23. The van der Waals surface area contributed by atoms with Crippen molar-refractivity contribution in [3.63, 3.8) is 0 Å². The highest BCUT2D eigenvalue weighted by Crippen LogP contribution is 2.26. The Morgan fingerprint density at radius 2 is 1.85 bits per heavy atom. The van der Waals surface area contributed by atoms with Crippen LogP contribution in [0.15, 0.2) is 24.3 Å². The van der Waals surface area contributed by atoms with E-state index in [2.05, 4.69) is 9.64 Å². The predicted octanol–water partition coefficient (Wildman–Crippen LogP) is 1.30. The highest BCUT2D eigenvalue weighted by Gasteiger charge is 2.36. The molecule has 2 fully saturated rings. The van der Waals surface area contributed by atoms with Crippen molar-refractivity contribution in [3.05, 3.63) is 29.8 Å². The van der Waals surface area contributed by atoms with Gasteiger partial charge in [0.1, 0.15) is 5.75 Å². The van der Waals surface area contributed by atoms with Gasteiger partial charge in [0.2, 0.25) is 0 Å². The summed E-state index contributed by atoms with van der Waals surface area (Å²) in [7, 11) is 0. The lowest BCUT2D eigenvalue weighted by Crippen LogP contribution is -2.41. The first-order chi connectivity index (χ1) is 12.6. The lowest BCUT2D eigenvalue weighted by atomic mass is 9.96. The Morgan fingerprint density at radius 1 is 1.19 bits per heavy atom. The number of halogens is 2. The summed E-state index contributed by atoms with van der Waals surface area (Å²) in [5.41, 5.74) is 0.426. The minimum absolute atomic E-state index is 0.0244. The molecule has 1 aromatic carbocycles. The Bertz CT molecular complexity index is 593. The molecule has 0 spiro atoms. The van der Waals surface area contributed by atoms with Crippen LogP contribution in [0.2, 0.25) is 0 Å². The van der Waals surface area contributed by atoms with Gasteiger partial charge in [-0.3, -0.25) is 9.69 Å². The molecule has 0 aliphatic carbocycles. The highest BCUT2D eigenvalue weighted by atomic mass is 19.3. The Morgan fingerprint density at radius 3 is 2.46 bits per heavy atom. The average molecular weight is 370 g/mol. The van der Waals surface area contributed by atoms with E-state index < -0.39 is 6.61 Å². The third-order valence-corrected chi connectivity index (χ3v) is 5.02. The van der Waals surface area contributed by atoms with E-state index in [1.807, 2.05) is 0 Å². The van der Waals surface area contributed by atoms with Gasteiger partial charge in [-0.2, -0.15) is 8.78 Å². The van der Waals surface area contributed by atoms with Crippen molar-refractivity contribution in [2.24, 2.45) is 11.8 Å². The molecule has 2 aliphatic heterocycles. The van der Waals surface area contributed by atoms with E-state index in [1.54, 1.807) is 4.90 Å². The Balaban J connectivity index is 1.60. The van der Waals surface area contributed by atoms with Crippen LogP contribution in [-0.2, 0) is 4.74 Å². The molecule has 0 radical (unpaired) electrons. The largest absolute Gasteiger partial charge is 0.435 e. The molecule has 0 bridgehead atoms. The maximum absolute atomic E-state index is 12.7. The predicted molar refractivity (Wildman–Crippen MR) is 90.3 cm³/mol. The molecular weight excluding hydrogens is 346 g/mol. The van der Waals surface area contributed by atoms with E-state index in [9.17, 15) is 18.7 Å². The van der Waals surface area contributed by atoms with Gasteiger partial charge in [-0.25, -0.2) is 0 Å². The fourth-order valence-electron chi connectivity index (χ4n) is 3.60. The van der Waals surface area contributed by atoms with Crippen molar-refractivity contribution < 1.29 is 28.2 Å². The van der Waals surface area contributed by atoms with Crippen LogP contribution in [0.5, 0.6) is 5.75 Å². The number of ether oxygens (including phenoxy) is 2. The first-order valence-electron chi connectivity index (χ1n) is 8.82. The number of carbonyl (C=O) groups is 1. The zero-order valence-electron chi connectivity index (χ0n) is 14.5. The lowest BCUT2D eigenvalue weighted by Gasteiger charge is -2.30.